The molecule has 0 radical (unpaired) electrons. The Kier molecular flexibility index (Phi) is 4.28. The molecule has 1 heterocycles. The van der Waals surface area contributed by atoms with E-state index in [2.05, 4.69) is 52.2 Å². The minimum atomic E-state index is 0.00204. The molecular weight excluding hydrogens is 330 g/mol. The topological polar surface area (TPSA) is 51.0 Å². The molecule has 102 valence electrons. The molecule has 6 heteroatoms. The molecule has 0 spiro atoms. The molecule has 0 aliphatic carbocycles. The Morgan fingerprint density at radius 2 is 2.05 bits per heavy atom. The Labute approximate surface area is 125 Å². The zero-order valence-corrected chi connectivity index (χ0v) is 13.3. The molecule has 0 bridgehead atoms. The van der Waals surface area contributed by atoms with Gasteiger partial charge in [-0.15, -0.1) is 10.2 Å². The summed E-state index contributed by atoms with van der Waals surface area (Å²) in [6.07, 6.45) is 0. The first kappa shape index (κ1) is 14.5. The van der Waals surface area contributed by atoms with Crippen LogP contribution in [0.5, 0.6) is 0 Å². The maximum Gasteiger partial charge on any atom is 0.249 e. The van der Waals surface area contributed by atoms with Crippen LogP contribution in [0.25, 0.3) is 11.5 Å². The second kappa shape index (κ2) is 5.61. The lowest BCUT2D eigenvalue weighted by atomic mass is 10.1. The number of rotatable bonds is 3. The molecule has 1 aromatic carbocycles. The molecule has 0 aliphatic rings. The Balaban J connectivity index is 2.19. The van der Waals surface area contributed by atoms with Gasteiger partial charge in [-0.25, -0.2) is 0 Å². The Hall–Kier alpha value is -0.910. The second-order valence-corrected chi connectivity index (χ2v) is 6.55. The van der Waals surface area contributed by atoms with E-state index in [1.165, 1.54) is 0 Å². The first-order valence-electron chi connectivity index (χ1n) is 5.88. The fourth-order valence-corrected chi connectivity index (χ4v) is 2.00. The standard InChI is InChI=1S/C13H15BrClN3O/c1-13(2,3)16-7-11-17-18-12(19-11)9-6-8(14)4-5-10(9)15/h4-6,16H,7H2,1-3H3. The summed E-state index contributed by atoms with van der Waals surface area (Å²) in [5, 5.41) is 11.9. The van der Waals surface area contributed by atoms with Crippen LogP contribution in [0.15, 0.2) is 27.1 Å². The molecule has 0 atom stereocenters. The van der Waals surface area contributed by atoms with Gasteiger partial charge in [0.05, 0.1) is 17.1 Å². The highest BCUT2D eigenvalue weighted by molar-refractivity contribution is 9.10. The molecule has 0 saturated carbocycles. The lowest BCUT2D eigenvalue weighted by molar-refractivity contribution is 0.383. The van der Waals surface area contributed by atoms with E-state index in [1.54, 1.807) is 6.07 Å². The predicted molar refractivity (Wildman–Crippen MR) is 79.0 cm³/mol. The molecule has 0 amide bonds. The average molecular weight is 345 g/mol. The van der Waals surface area contributed by atoms with Gasteiger partial charge in [0.25, 0.3) is 0 Å². The first-order valence-corrected chi connectivity index (χ1v) is 7.05. The number of nitrogens with zero attached hydrogens (tertiary/aromatic N) is 2. The van der Waals surface area contributed by atoms with Crippen molar-refractivity contribution in [2.75, 3.05) is 0 Å². The van der Waals surface area contributed by atoms with Gasteiger partial charge in [-0.05, 0) is 39.0 Å². The number of hydrogen-bond donors (Lipinski definition) is 1. The lowest BCUT2D eigenvalue weighted by Gasteiger charge is -2.18. The molecule has 4 nitrogen and oxygen atoms in total. The molecule has 19 heavy (non-hydrogen) atoms. The van der Waals surface area contributed by atoms with Gasteiger partial charge in [0.15, 0.2) is 0 Å². The number of benzene rings is 1. The van der Waals surface area contributed by atoms with Gasteiger partial charge < -0.3 is 9.73 Å². The van der Waals surface area contributed by atoms with Crippen molar-refractivity contribution in [1.29, 1.82) is 0 Å². The highest BCUT2D eigenvalue weighted by Gasteiger charge is 2.14. The van der Waals surface area contributed by atoms with Crippen molar-refractivity contribution < 1.29 is 4.42 Å². The lowest BCUT2D eigenvalue weighted by Crippen LogP contribution is -2.35. The number of aromatic nitrogens is 2. The van der Waals surface area contributed by atoms with Crippen molar-refractivity contribution in [2.24, 2.45) is 0 Å². The minimum absolute atomic E-state index is 0.00204. The van der Waals surface area contributed by atoms with E-state index >= 15 is 0 Å². The molecule has 0 unspecified atom stereocenters. The molecule has 2 rings (SSSR count). The third-order valence-corrected chi connectivity index (χ3v) is 3.22. The Morgan fingerprint density at radius 1 is 1.32 bits per heavy atom. The number of halogens is 2. The van der Waals surface area contributed by atoms with Gasteiger partial charge in [-0.1, -0.05) is 27.5 Å². The highest BCUT2D eigenvalue weighted by atomic mass is 79.9. The van der Waals surface area contributed by atoms with Gasteiger partial charge >= 0.3 is 0 Å². The highest BCUT2D eigenvalue weighted by Crippen LogP contribution is 2.29. The molecule has 1 aromatic heterocycles. The maximum absolute atomic E-state index is 6.13. The van der Waals surface area contributed by atoms with Crippen molar-refractivity contribution in [2.45, 2.75) is 32.9 Å². The van der Waals surface area contributed by atoms with Crippen LogP contribution in [-0.4, -0.2) is 15.7 Å². The van der Waals surface area contributed by atoms with Crippen LogP contribution in [0.2, 0.25) is 5.02 Å². The monoisotopic (exact) mass is 343 g/mol. The molecule has 2 aromatic rings. The van der Waals surface area contributed by atoms with Gasteiger partial charge in [0.2, 0.25) is 11.8 Å². The summed E-state index contributed by atoms with van der Waals surface area (Å²) >= 11 is 9.52. The van der Waals surface area contributed by atoms with E-state index in [-0.39, 0.29) is 5.54 Å². The van der Waals surface area contributed by atoms with Crippen molar-refractivity contribution in [3.63, 3.8) is 0 Å². The summed E-state index contributed by atoms with van der Waals surface area (Å²) in [6, 6.07) is 5.51. The van der Waals surface area contributed by atoms with E-state index in [1.807, 2.05) is 12.1 Å². The molecular formula is C13H15BrClN3O. The number of nitrogens with one attached hydrogen (secondary N) is 1. The summed E-state index contributed by atoms with van der Waals surface area (Å²) < 4.78 is 6.53. The molecule has 0 aliphatic heterocycles. The SMILES string of the molecule is CC(C)(C)NCc1nnc(-c2cc(Br)ccc2Cl)o1. The minimum Gasteiger partial charge on any atom is -0.419 e. The second-order valence-electron chi connectivity index (χ2n) is 5.23. The zero-order valence-electron chi connectivity index (χ0n) is 11.0. The summed E-state index contributed by atoms with van der Waals surface area (Å²) in [6.45, 7) is 6.77. The van der Waals surface area contributed by atoms with Crippen LogP contribution in [0.4, 0.5) is 0 Å². The van der Waals surface area contributed by atoms with Crippen molar-refractivity contribution >= 4 is 27.5 Å². The van der Waals surface area contributed by atoms with Crippen LogP contribution in [0, 0.1) is 0 Å². The first-order chi connectivity index (χ1) is 8.85. The maximum atomic E-state index is 6.13. The fraction of sp³-hybridized carbons (Fsp3) is 0.385. The van der Waals surface area contributed by atoms with Gasteiger partial charge in [-0.2, -0.15) is 0 Å². The predicted octanol–water partition coefficient (Wildman–Crippen LogP) is 4.04. The Morgan fingerprint density at radius 3 is 2.74 bits per heavy atom. The number of hydrogen-bond acceptors (Lipinski definition) is 4. The van der Waals surface area contributed by atoms with Crippen molar-refractivity contribution in [1.82, 2.24) is 15.5 Å². The summed E-state index contributed by atoms with van der Waals surface area (Å²) in [4.78, 5) is 0. The van der Waals surface area contributed by atoms with E-state index < -0.39 is 0 Å². The van der Waals surface area contributed by atoms with Crippen LogP contribution >= 0.6 is 27.5 Å². The summed E-state index contributed by atoms with van der Waals surface area (Å²) in [5.41, 5.74) is 0.729. The smallest absolute Gasteiger partial charge is 0.249 e. The van der Waals surface area contributed by atoms with Crippen molar-refractivity contribution in [3.8, 4) is 11.5 Å². The molecule has 0 fully saturated rings. The van der Waals surface area contributed by atoms with Gasteiger partial charge in [0, 0.05) is 10.0 Å². The Bertz CT molecular complexity index is 578. The van der Waals surface area contributed by atoms with Gasteiger partial charge in [-0.3, -0.25) is 0 Å². The van der Waals surface area contributed by atoms with Crippen LogP contribution in [-0.2, 0) is 6.54 Å². The zero-order chi connectivity index (χ0) is 14.0. The average Bonchev–Trinajstić information content (AvgIpc) is 2.77. The fourth-order valence-electron chi connectivity index (χ4n) is 1.44. The summed E-state index contributed by atoms with van der Waals surface area (Å²) in [7, 11) is 0. The van der Waals surface area contributed by atoms with E-state index in [0.717, 1.165) is 10.0 Å². The van der Waals surface area contributed by atoms with Crippen LogP contribution in [0.3, 0.4) is 0 Å². The normalized spacial score (nSPS) is 11.8. The molecule has 1 N–H and O–H groups in total. The summed E-state index contributed by atoms with van der Waals surface area (Å²) in [5.74, 6) is 0.970. The van der Waals surface area contributed by atoms with E-state index in [0.29, 0.717) is 23.3 Å². The van der Waals surface area contributed by atoms with E-state index in [9.17, 15) is 0 Å². The largest absolute Gasteiger partial charge is 0.419 e. The third kappa shape index (κ3) is 4.03. The van der Waals surface area contributed by atoms with E-state index in [4.69, 9.17) is 16.0 Å². The molecule has 0 saturated heterocycles. The third-order valence-electron chi connectivity index (χ3n) is 2.40. The van der Waals surface area contributed by atoms with Gasteiger partial charge in [0.1, 0.15) is 0 Å². The quantitative estimate of drug-likeness (QED) is 0.913. The van der Waals surface area contributed by atoms with Crippen molar-refractivity contribution in [3.05, 3.63) is 33.6 Å². The van der Waals surface area contributed by atoms with Crippen LogP contribution in [0.1, 0.15) is 26.7 Å². The van der Waals surface area contributed by atoms with Crippen LogP contribution < -0.4 is 5.32 Å².